The number of nitrogens with two attached hydrogens (primary N) is 4. The van der Waals surface area contributed by atoms with Gasteiger partial charge in [-0.2, -0.15) is 15.0 Å². The number of nitrogens with one attached hydrogen (secondary N) is 1. The number of piperidine rings is 2. The van der Waals surface area contributed by atoms with Crippen LogP contribution in [-0.4, -0.2) is 74.1 Å². The molecule has 3 heterocycles. The van der Waals surface area contributed by atoms with Crippen LogP contribution in [0.3, 0.4) is 0 Å². The van der Waals surface area contributed by atoms with Gasteiger partial charge in [0.05, 0.1) is 28.3 Å². The maximum Gasteiger partial charge on any atom is 0.233 e. The first kappa shape index (κ1) is 28.1. The molecule has 0 amide bonds. The molecule has 1 aromatic heterocycles. The zero-order valence-corrected chi connectivity index (χ0v) is 23.2. The summed E-state index contributed by atoms with van der Waals surface area (Å²) in [4.78, 5) is 18.1. The second-order valence-corrected chi connectivity index (χ2v) is 11.4. The van der Waals surface area contributed by atoms with Crippen LogP contribution in [0.1, 0.15) is 18.4 Å². The number of aromatic nitrogens is 3. The summed E-state index contributed by atoms with van der Waals surface area (Å²) in [6.45, 7) is 4.12. The van der Waals surface area contributed by atoms with Crippen molar-refractivity contribution in [2.24, 2.45) is 22.9 Å². The van der Waals surface area contributed by atoms with Gasteiger partial charge in [-0.25, -0.2) is 0 Å². The third-order valence-corrected chi connectivity index (χ3v) is 7.70. The summed E-state index contributed by atoms with van der Waals surface area (Å²) in [7, 11) is 0. The first-order valence-electron chi connectivity index (χ1n) is 13.3. The number of hydrogen-bond donors (Lipinski definition) is 5. The molecule has 2 aliphatic rings. The summed E-state index contributed by atoms with van der Waals surface area (Å²) < 4.78 is 26.1. The summed E-state index contributed by atoms with van der Waals surface area (Å²) >= 11 is -2.59. The quantitative estimate of drug-likeness (QED) is 0.249. The van der Waals surface area contributed by atoms with Crippen molar-refractivity contribution in [1.29, 1.82) is 0 Å². The number of nitrogens with zero attached hydrogens (tertiary/aromatic N) is 6. The third kappa shape index (κ3) is 6.49. The molecule has 14 heteroatoms. The van der Waals surface area contributed by atoms with E-state index >= 15 is 0 Å². The highest BCUT2D eigenvalue weighted by Gasteiger charge is 2.29. The second-order valence-electron chi connectivity index (χ2n) is 10.6. The van der Waals surface area contributed by atoms with E-state index in [-0.39, 0.29) is 30.1 Å². The Bertz CT molecular complexity index is 1280. The lowest BCUT2D eigenvalue weighted by Gasteiger charge is -2.37. The average molecular weight is 567 g/mol. The van der Waals surface area contributed by atoms with E-state index in [1.807, 2.05) is 28.9 Å². The van der Waals surface area contributed by atoms with Crippen LogP contribution in [0.5, 0.6) is 0 Å². The van der Waals surface area contributed by atoms with Crippen molar-refractivity contribution in [3.63, 3.8) is 0 Å². The number of anilines is 6. The fraction of sp³-hybridized carbons (Fsp3) is 0.423. The molecule has 0 bridgehead atoms. The zero-order valence-electron chi connectivity index (χ0n) is 22.4. The third-order valence-electron chi connectivity index (χ3n) is 6.99. The van der Waals surface area contributed by atoms with Crippen molar-refractivity contribution in [2.45, 2.75) is 43.9 Å². The highest BCUT2D eigenvalue weighted by molar-refractivity contribution is 7.81. The molecule has 214 valence electrons. The fourth-order valence-electron chi connectivity index (χ4n) is 5.24. The van der Waals surface area contributed by atoms with Gasteiger partial charge in [0.1, 0.15) is 0 Å². The summed E-state index contributed by atoms with van der Waals surface area (Å²) in [6, 6.07) is 13.8. The van der Waals surface area contributed by atoms with Crippen LogP contribution in [0, 0.1) is 6.92 Å². The van der Waals surface area contributed by atoms with E-state index in [9.17, 15) is 8.76 Å². The standard InChI is InChI=1S/C26H37N11O2S/c1-16-6-8-21(9-7-16)37(40(38)39)23-5-3-2-4-22(23)31-24-32-25(35-12-17(27)10-18(28)13-35)34-26(33-24)36-14-19(29)11-20(30)15-36/h2-9,17-20H,10-15,27-30H2,1H3,(H,38,39)(H,31,32,33,34)/p-1. The molecule has 5 unspecified atom stereocenters. The van der Waals surface area contributed by atoms with Crippen molar-refractivity contribution in [1.82, 2.24) is 15.0 Å². The molecule has 0 aliphatic carbocycles. The maximum atomic E-state index is 12.4. The first-order chi connectivity index (χ1) is 19.2. The Hall–Kier alpha value is -3.40. The molecule has 0 saturated carbocycles. The average Bonchev–Trinajstić information content (AvgIpc) is 2.89. The number of hydrogen-bond acceptors (Lipinski definition) is 12. The minimum absolute atomic E-state index is 0.118. The first-order valence-corrected chi connectivity index (χ1v) is 14.3. The van der Waals surface area contributed by atoms with Crippen molar-refractivity contribution < 1.29 is 8.76 Å². The van der Waals surface area contributed by atoms with Gasteiger partial charge in [0, 0.05) is 50.3 Å². The smallest absolute Gasteiger partial charge is 0.233 e. The second kappa shape index (κ2) is 12.0. The van der Waals surface area contributed by atoms with Gasteiger partial charge >= 0.3 is 0 Å². The Kier molecular flexibility index (Phi) is 8.44. The Morgan fingerprint density at radius 3 is 1.82 bits per heavy atom. The summed E-state index contributed by atoms with van der Waals surface area (Å²) in [5.74, 6) is 1.09. The van der Waals surface area contributed by atoms with Crippen molar-refractivity contribution >= 4 is 46.2 Å². The predicted molar refractivity (Wildman–Crippen MR) is 157 cm³/mol. The lowest BCUT2D eigenvalue weighted by molar-refractivity contribution is 0.441. The van der Waals surface area contributed by atoms with Crippen molar-refractivity contribution in [2.75, 3.05) is 45.6 Å². The molecule has 13 nitrogen and oxygen atoms in total. The van der Waals surface area contributed by atoms with Crippen LogP contribution in [0.2, 0.25) is 0 Å². The fourth-order valence-corrected chi connectivity index (χ4v) is 5.85. The van der Waals surface area contributed by atoms with Gasteiger partial charge in [0.2, 0.25) is 17.8 Å². The zero-order chi connectivity index (χ0) is 28.4. The highest BCUT2D eigenvalue weighted by Crippen LogP contribution is 2.35. The largest absolute Gasteiger partial charge is 0.755 e. The Morgan fingerprint density at radius 1 is 0.825 bits per heavy atom. The molecule has 2 saturated heterocycles. The molecule has 0 spiro atoms. The van der Waals surface area contributed by atoms with E-state index < -0.39 is 11.3 Å². The molecule has 2 aliphatic heterocycles. The molecular formula is C26H36N11O2S-. The van der Waals surface area contributed by atoms with Gasteiger partial charge in [-0.3, -0.25) is 8.51 Å². The molecule has 5 rings (SSSR count). The van der Waals surface area contributed by atoms with Gasteiger partial charge in [0.25, 0.3) is 0 Å². The molecule has 3 aromatic rings. The molecule has 5 atom stereocenters. The van der Waals surface area contributed by atoms with Crippen LogP contribution in [0.15, 0.2) is 48.5 Å². The summed E-state index contributed by atoms with van der Waals surface area (Å²) in [5.41, 5.74) is 27.5. The lowest BCUT2D eigenvalue weighted by Crippen LogP contribution is -2.54. The number of aryl methyl sites for hydroxylation is 1. The number of rotatable bonds is 7. The van der Waals surface area contributed by atoms with Gasteiger partial charge < -0.3 is 42.6 Å². The van der Waals surface area contributed by atoms with Gasteiger partial charge in [-0.05, 0) is 44.0 Å². The molecule has 0 radical (unpaired) electrons. The topological polar surface area (TPSA) is 205 Å². The summed E-state index contributed by atoms with van der Waals surface area (Å²) in [5, 5.41) is 3.24. The van der Waals surface area contributed by atoms with E-state index in [1.165, 1.54) is 4.31 Å². The monoisotopic (exact) mass is 566 g/mol. The minimum atomic E-state index is -2.59. The highest BCUT2D eigenvalue weighted by atomic mass is 32.2. The normalized spacial score (nSPS) is 24.1. The van der Waals surface area contributed by atoms with E-state index in [1.54, 1.807) is 36.4 Å². The van der Waals surface area contributed by atoms with E-state index in [0.717, 1.165) is 5.56 Å². The Balaban J connectivity index is 1.54. The maximum absolute atomic E-state index is 12.4. The Morgan fingerprint density at radius 2 is 1.32 bits per heavy atom. The van der Waals surface area contributed by atoms with Crippen LogP contribution >= 0.6 is 0 Å². The molecular weight excluding hydrogens is 530 g/mol. The van der Waals surface area contributed by atoms with Gasteiger partial charge in [-0.1, -0.05) is 29.8 Å². The number of benzene rings is 2. The Labute approximate surface area is 236 Å². The van der Waals surface area contributed by atoms with E-state index in [2.05, 4.69) is 5.32 Å². The van der Waals surface area contributed by atoms with Crippen molar-refractivity contribution in [3.05, 3.63) is 54.1 Å². The molecule has 2 aromatic carbocycles. The van der Waals surface area contributed by atoms with Crippen LogP contribution < -0.4 is 42.4 Å². The van der Waals surface area contributed by atoms with E-state index in [4.69, 9.17) is 37.9 Å². The predicted octanol–water partition coefficient (Wildman–Crippen LogP) is 0.585. The van der Waals surface area contributed by atoms with Crippen LogP contribution in [0.4, 0.5) is 34.9 Å². The lowest BCUT2D eigenvalue weighted by atomic mass is 10.0. The minimum Gasteiger partial charge on any atom is -0.755 e. The van der Waals surface area contributed by atoms with E-state index in [0.29, 0.717) is 68.0 Å². The summed E-state index contributed by atoms with van der Waals surface area (Å²) in [6.07, 6.45) is 1.42. The van der Waals surface area contributed by atoms with Crippen LogP contribution in [-0.2, 0) is 11.3 Å². The SMILES string of the molecule is Cc1ccc(N(c2ccccc2Nc2nc(N3CC(N)CC(N)C3)nc(N3CC(N)CC(N)C3)n2)S(=O)[O-])cc1. The van der Waals surface area contributed by atoms with Gasteiger partial charge in [-0.15, -0.1) is 0 Å². The van der Waals surface area contributed by atoms with Crippen LogP contribution in [0.25, 0.3) is 0 Å². The number of para-hydroxylation sites is 2. The molecule has 2 fully saturated rings. The molecule has 40 heavy (non-hydrogen) atoms. The van der Waals surface area contributed by atoms with Crippen molar-refractivity contribution in [3.8, 4) is 0 Å². The van der Waals surface area contributed by atoms with Gasteiger partial charge in [0.15, 0.2) is 0 Å². The molecule has 9 N–H and O–H groups in total.